The molecule has 4 heteroatoms. The summed E-state index contributed by atoms with van der Waals surface area (Å²) in [5.41, 5.74) is 4.55. The van der Waals surface area contributed by atoms with Gasteiger partial charge in [0, 0.05) is 24.0 Å². The summed E-state index contributed by atoms with van der Waals surface area (Å²) in [5, 5.41) is 13.0. The van der Waals surface area contributed by atoms with E-state index < -0.39 is 5.97 Å². The monoisotopic (exact) mass is 306 g/mol. The van der Waals surface area contributed by atoms with Crippen molar-refractivity contribution in [1.29, 1.82) is 0 Å². The molecule has 0 spiro atoms. The standard InChI is InChI=1S/C19H18N2O2/c1-11-13(19(22)23)5-6-16-14-3-2-4-15(14)18(21-17(11)16)12-7-9-20-10-8-12/h2-3,5-10,14-15,18,21H,4H2,1H3,(H,22,23)/t14-,15-,18+/m0/s1. The van der Waals surface area contributed by atoms with Gasteiger partial charge in [-0.2, -0.15) is 0 Å². The number of nitrogens with zero attached hydrogens (tertiary/aromatic N) is 1. The van der Waals surface area contributed by atoms with Gasteiger partial charge in [0.25, 0.3) is 0 Å². The normalized spacial score (nSPS) is 24.7. The van der Waals surface area contributed by atoms with E-state index in [1.165, 1.54) is 11.1 Å². The number of hydrogen-bond donors (Lipinski definition) is 2. The Balaban J connectivity index is 1.85. The van der Waals surface area contributed by atoms with E-state index in [0.29, 0.717) is 17.4 Å². The molecular formula is C19H18N2O2. The number of anilines is 1. The Morgan fingerprint density at radius 2 is 2.04 bits per heavy atom. The minimum atomic E-state index is -0.878. The van der Waals surface area contributed by atoms with Crippen molar-refractivity contribution in [2.24, 2.45) is 5.92 Å². The molecule has 0 saturated carbocycles. The third-order valence-corrected chi connectivity index (χ3v) is 5.09. The molecule has 0 radical (unpaired) electrons. The first-order valence-electron chi connectivity index (χ1n) is 7.86. The number of benzene rings is 1. The smallest absolute Gasteiger partial charge is 0.336 e. The van der Waals surface area contributed by atoms with E-state index in [2.05, 4.69) is 22.5 Å². The van der Waals surface area contributed by atoms with Crippen LogP contribution in [0.3, 0.4) is 0 Å². The molecule has 1 aliphatic heterocycles. The van der Waals surface area contributed by atoms with E-state index in [0.717, 1.165) is 17.7 Å². The zero-order valence-electron chi connectivity index (χ0n) is 12.9. The predicted molar refractivity (Wildman–Crippen MR) is 88.7 cm³/mol. The first-order valence-corrected chi connectivity index (χ1v) is 7.86. The molecule has 0 saturated heterocycles. The first-order chi connectivity index (χ1) is 11.2. The van der Waals surface area contributed by atoms with Crippen LogP contribution in [0.15, 0.2) is 48.8 Å². The Bertz CT molecular complexity index is 799. The lowest BCUT2D eigenvalue weighted by Gasteiger charge is -2.38. The van der Waals surface area contributed by atoms with Gasteiger partial charge in [-0.15, -0.1) is 0 Å². The molecule has 3 atom stereocenters. The lowest BCUT2D eigenvalue weighted by atomic mass is 9.76. The van der Waals surface area contributed by atoms with Crippen LogP contribution < -0.4 is 5.32 Å². The Labute approximate surface area is 134 Å². The van der Waals surface area contributed by atoms with Crippen LogP contribution in [-0.2, 0) is 0 Å². The van der Waals surface area contributed by atoms with Gasteiger partial charge in [0.05, 0.1) is 11.6 Å². The molecule has 2 aromatic rings. The van der Waals surface area contributed by atoms with Gasteiger partial charge in [-0.3, -0.25) is 4.98 Å². The molecule has 2 heterocycles. The van der Waals surface area contributed by atoms with Crippen molar-refractivity contribution >= 4 is 11.7 Å². The van der Waals surface area contributed by atoms with Crippen LogP contribution in [0.2, 0.25) is 0 Å². The van der Waals surface area contributed by atoms with Gasteiger partial charge < -0.3 is 10.4 Å². The summed E-state index contributed by atoms with van der Waals surface area (Å²) in [7, 11) is 0. The number of rotatable bonds is 2. The van der Waals surface area contributed by atoms with Crippen LogP contribution in [0.25, 0.3) is 0 Å². The quantitative estimate of drug-likeness (QED) is 0.826. The molecule has 1 aliphatic carbocycles. The summed E-state index contributed by atoms with van der Waals surface area (Å²) in [5.74, 6) is -0.0809. The van der Waals surface area contributed by atoms with Crippen molar-refractivity contribution in [2.75, 3.05) is 5.32 Å². The highest BCUT2D eigenvalue weighted by molar-refractivity contribution is 5.92. The van der Waals surface area contributed by atoms with Crippen LogP contribution in [0.4, 0.5) is 5.69 Å². The fraction of sp³-hybridized carbons (Fsp3) is 0.263. The molecule has 0 amide bonds. The highest BCUT2D eigenvalue weighted by atomic mass is 16.4. The van der Waals surface area contributed by atoms with Gasteiger partial charge in [0.15, 0.2) is 0 Å². The number of carboxylic acids is 1. The Kier molecular flexibility index (Phi) is 3.18. The van der Waals surface area contributed by atoms with E-state index in [-0.39, 0.29) is 6.04 Å². The SMILES string of the molecule is Cc1c(C(=O)O)ccc2c1N[C@H](c1ccncc1)[C@H]1CC=C[C@H]21. The van der Waals surface area contributed by atoms with Crippen molar-refractivity contribution in [3.05, 3.63) is 71.1 Å². The molecule has 4 rings (SSSR count). The number of aromatic nitrogens is 1. The van der Waals surface area contributed by atoms with E-state index in [9.17, 15) is 9.90 Å². The number of allylic oxidation sites excluding steroid dienone is 2. The van der Waals surface area contributed by atoms with Crippen molar-refractivity contribution in [1.82, 2.24) is 4.98 Å². The molecule has 4 nitrogen and oxygen atoms in total. The second-order valence-electron chi connectivity index (χ2n) is 6.26. The summed E-state index contributed by atoms with van der Waals surface area (Å²) in [6.07, 6.45) is 9.15. The molecular weight excluding hydrogens is 288 g/mol. The number of aromatic carboxylic acids is 1. The van der Waals surface area contributed by atoms with Gasteiger partial charge in [-0.05, 0) is 54.2 Å². The molecule has 1 aromatic carbocycles. The highest BCUT2D eigenvalue weighted by Gasteiger charge is 2.38. The van der Waals surface area contributed by atoms with Crippen molar-refractivity contribution in [2.45, 2.75) is 25.3 Å². The molecule has 2 N–H and O–H groups in total. The molecule has 23 heavy (non-hydrogen) atoms. The maximum Gasteiger partial charge on any atom is 0.336 e. The van der Waals surface area contributed by atoms with Crippen LogP contribution in [-0.4, -0.2) is 16.1 Å². The summed E-state index contributed by atoms with van der Waals surface area (Å²) in [6, 6.07) is 7.94. The highest BCUT2D eigenvalue weighted by Crippen LogP contribution is 2.50. The lowest BCUT2D eigenvalue weighted by Crippen LogP contribution is -2.30. The van der Waals surface area contributed by atoms with Crippen LogP contribution >= 0.6 is 0 Å². The second-order valence-corrected chi connectivity index (χ2v) is 6.26. The summed E-state index contributed by atoms with van der Waals surface area (Å²) >= 11 is 0. The minimum Gasteiger partial charge on any atom is -0.478 e. The number of hydrogen-bond acceptors (Lipinski definition) is 3. The van der Waals surface area contributed by atoms with E-state index in [4.69, 9.17) is 0 Å². The maximum absolute atomic E-state index is 11.4. The Hall–Kier alpha value is -2.62. The van der Waals surface area contributed by atoms with Gasteiger partial charge in [-0.1, -0.05) is 18.2 Å². The molecule has 0 bridgehead atoms. The molecule has 0 fully saturated rings. The summed E-state index contributed by atoms with van der Waals surface area (Å²) in [4.78, 5) is 15.5. The maximum atomic E-state index is 11.4. The van der Waals surface area contributed by atoms with Crippen molar-refractivity contribution in [3.63, 3.8) is 0 Å². The molecule has 1 aromatic heterocycles. The number of nitrogens with one attached hydrogen (secondary N) is 1. The largest absolute Gasteiger partial charge is 0.478 e. The van der Waals surface area contributed by atoms with E-state index >= 15 is 0 Å². The number of carbonyl (C=O) groups is 1. The predicted octanol–water partition coefficient (Wildman–Crippen LogP) is 3.91. The lowest BCUT2D eigenvalue weighted by molar-refractivity contribution is 0.0696. The Morgan fingerprint density at radius 3 is 2.78 bits per heavy atom. The summed E-state index contributed by atoms with van der Waals surface area (Å²) in [6.45, 7) is 1.89. The van der Waals surface area contributed by atoms with Crippen molar-refractivity contribution < 1.29 is 9.90 Å². The van der Waals surface area contributed by atoms with Gasteiger partial charge in [0.2, 0.25) is 0 Å². The average Bonchev–Trinajstić information content (AvgIpc) is 3.05. The third-order valence-electron chi connectivity index (χ3n) is 5.09. The fourth-order valence-corrected chi connectivity index (χ4v) is 3.95. The van der Waals surface area contributed by atoms with Gasteiger partial charge in [-0.25, -0.2) is 4.79 Å². The average molecular weight is 306 g/mol. The van der Waals surface area contributed by atoms with E-state index in [1.807, 2.05) is 37.5 Å². The van der Waals surface area contributed by atoms with Crippen LogP contribution in [0.1, 0.15) is 45.4 Å². The second kappa shape index (κ2) is 5.23. The molecule has 0 unspecified atom stereocenters. The fourth-order valence-electron chi connectivity index (χ4n) is 3.95. The zero-order valence-corrected chi connectivity index (χ0v) is 12.9. The number of fused-ring (bicyclic) bond motifs is 3. The van der Waals surface area contributed by atoms with Gasteiger partial charge >= 0.3 is 5.97 Å². The van der Waals surface area contributed by atoms with Crippen LogP contribution in [0, 0.1) is 12.8 Å². The minimum absolute atomic E-state index is 0.174. The van der Waals surface area contributed by atoms with Crippen molar-refractivity contribution in [3.8, 4) is 0 Å². The van der Waals surface area contributed by atoms with E-state index in [1.54, 1.807) is 6.07 Å². The molecule has 2 aliphatic rings. The first kappa shape index (κ1) is 14.0. The summed E-state index contributed by atoms with van der Waals surface area (Å²) < 4.78 is 0. The Morgan fingerprint density at radius 1 is 1.26 bits per heavy atom. The third kappa shape index (κ3) is 2.13. The molecule has 116 valence electrons. The van der Waals surface area contributed by atoms with Gasteiger partial charge in [0.1, 0.15) is 0 Å². The zero-order chi connectivity index (χ0) is 16.0. The number of pyridine rings is 1. The number of carboxylic acid groups (broad SMARTS) is 1. The topological polar surface area (TPSA) is 62.2 Å². The van der Waals surface area contributed by atoms with Crippen LogP contribution in [0.5, 0.6) is 0 Å².